The predicted molar refractivity (Wildman–Crippen MR) is 119 cm³/mol. The number of carbonyl (C=O) groups is 2. The molecule has 0 bridgehead atoms. The van der Waals surface area contributed by atoms with Crippen LogP contribution < -0.4 is 20.2 Å². The van der Waals surface area contributed by atoms with Crippen LogP contribution in [0.4, 0.5) is 5.69 Å². The Bertz CT molecular complexity index is 1080. The molecule has 7 nitrogen and oxygen atoms in total. The minimum absolute atomic E-state index is 0.413. The number of benzene rings is 3. The summed E-state index contributed by atoms with van der Waals surface area (Å²) in [6.45, 7) is 2.25. The van der Waals surface area contributed by atoms with Gasteiger partial charge in [0.05, 0.1) is 13.3 Å². The van der Waals surface area contributed by atoms with E-state index in [1.807, 2.05) is 49.4 Å². The van der Waals surface area contributed by atoms with E-state index in [2.05, 4.69) is 15.8 Å². The van der Waals surface area contributed by atoms with Crippen LogP contribution in [0.1, 0.15) is 16.7 Å². The summed E-state index contributed by atoms with van der Waals surface area (Å²) in [5.74, 6) is -0.545. The fourth-order valence-electron chi connectivity index (χ4n) is 2.73. The van der Waals surface area contributed by atoms with Gasteiger partial charge in [-0.1, -0.05) is 48.5 Å². The Balaban J connectivity index is 1.57. The van der Waals surface area contributed by atoms with Gasteiger partial charge in [0.25, 0.3) is 0 Å². The lowest BCUT2D eigenvalue weighted by molar-refractivity contribution is -0.136. The van der Waals surface area contributed by atoms with Gasteiger partial charge < -0.3 is 14.8 Å². The number of hydrogen-bond donors (Lipinski definition) is 2. The standard InChI is InChI=1S/C24H23N3O4/c1-17-8-6-7-11-20(17)26-23(28)24(29)27-25-15-19-12-13-21(22(14-19)30-2)31-16-18-9-4-3-5-10-18/h3-15H,16H2,1-2H3,(H,26,28)(H,27,29)/b25-15+. The maximum atomic E-state index is 12.0. The zero-order chi connectivity index (χ0) is 22.1. The molecule has 0 radical (unpaired) electrons. The van der Waals surface area contributed by atoms with Gasteiger partial charge in [0, 0.05) is 5.69 Å². The first-order chi connectivity index (χ1) is 15.1. The third-order valence-corrected chi connectivity index (χ3v) is 4.40. The number of para-hydroxylation sites is 1. The quantitative estimate of drug-likeness (QED) is 0.349. The van der Waals surface area contributed by atoms with Crippen molar-refractivity contribution < 1.29 is 19.1 Å². The molecule has 3 aromatic rings. The Labute approximate surface area is 180 Å². The lowest BCUT2D eigenvalue weighted by atomic mass is 10.2. The molecule has 2 N–H and O–H groups in total. The van der Waals surface area contributed by atoms with Crippen molar-refractivity contribution in [2.75, 3.05) is 12.4 Å². The van der Waals surface area contributed by atoms with Crippen LogP contribution in [0.15, 0.2) is 77.9 Å². The first kappa shape index (κ1) is 21.6. The first-order valence-electron chi connectivity index (χ1n) is 9.61. The molecule has 0 aliphatic carbocycles. The molecule has 0 heterocycles. The lowest BCUT2D eigenvalue weighted by Crippen LogP contribution is -2.32. The largest absolute Gasteiger partial charge is 0.493 e. The number of nitrogens with one attached hydrogen (secondary N) is 2. The molecule has 0 fully saturated rings. The molecule has 0 aliphatic rings. The van der Waals surface area contributed by atoms with Crippen LogP contribution in [0, 0.1) is 6.92 Å². The molecule has 0 saturated carbocycles. The molecule has 31 heavy (non-hydrogen) atoms. The topological polar surface area (TPSA) is 89.0 Å². The van der Waals surface area contributed by atoms with E-state index in [-0.39, 0.29) is 0 Å². The first-order valence-corrected chi connectivity index (χ1v) is 9.61. The Morgan fingerprint density at radius 1 is 0.935 bits per heavy atom. The van der Waals surface area contributed by atoms with Gasteiger partial charge in [0.1, 0.15) is 6.61 Å². The summed E-state index contributed by atoms with van der Waals surface area (Å²) in [4.78, 5) is 24.0. The molecule has 0 saturated heterocycles. The van der Waals surface area contributed by atoms with Crippen LogP contribution in [-0.2, 0) is 16.2 Å². The van der Waals surface area contributed by atoms with Gasteiger partial charge in [-0.25, -0.2) is 5.43 Å². The summed E-state index contributed by atoms with van der Waals surface area (Å²) in [6, 6.07) is 22.2. The number of hydrogen-bond acceptors (Lipinski definition) is 5. The van der Waals surface area contributed by atoms with Crippen molar-refractivity contribution in [3.8, 4) is 11.5 Å². The van der Waals surface area contributed by atoms with Gasteiger partial charge >= 0.3 is 11.8 Å². The van der Waals surface area contributed by atoms with E-state index in [4.69, 9.17) is 9.47 Å². The summed E-state index contributed by atoms with van der Waals surface area (Å²) < 4.78 is 11.2. The highest BCUT2D eigenvalue weighted by Gasteiger charge is 2.13. The van der Waals surface area contributed by atoms with E-state index in [0.717, 1.165) is 11.1 Å². The Morgan fingerprint density at radius 2 is 1.68 bits per heavy atom. The third-order valence-electron chi connectivity index (χ3n) is 4.40. The number of rotatable bonds is 7. The number of amides is 2. The molecule has 0 atom stereocenters. The maximum absolute atomic E-state index is 12.0. The number of carbonyl (C=O) groups excluding carboxylic acids is 2. The molecule has 158 valence electrons. The normalized spacial score (nSPS) is 10.5. The van der Waals surface area contributed by atoms with Gasteiger partial charge in [-0.15, -0.1) is 0 Å². The van der Waals surface area contributed by atoms with E-state index in [9.17, 15) is 9.59 Å². The van der Waals surface area contributed by atoms with Gasteiger partial charge in [-0.2, -0.15) is 5.10 Å². The molecule has 3 rings (SSSR count). The lowest BCUT2D eigenvalue weighted by Gasteiger charge is -2.11. The second kappa shape index (κ2) is 10.6. The smallest absolute Gasteiger partial charge is 0.329 e. The Hall–Kier alpha value is -4.13. The second-order valence-corrected chi connectivity index (χ2v) is 6.65. The number of anilines is 1. The van der Waals surface area contributed by atoms with Gasteiger partial charge in [0.15, 0.2) is 11.5 Å². The van der Waals surface area contributed by atoms with Crippen LogP contribution >= 0.6 is 0 Å². The average Bonchev–Trinajstić information content (AvgIpc) is 2.80. The van der Waals surface area contributed by atoms with Crippen molar-refractivity contribution in [1.29, 1.82) is 0 Å². The number of nitrogens with zero attached hydrogens (tertiary/aromatic N) is 1. The van der Waals surface area contributed by atoms with Crippen molar-refractivity contribution in [2.45, 2.75) is 13.5 Å². The van der Waals surface area contributed by atoms with Crippen LogP contribution in [0.25, 0.3) is 0 Å². The summed E-state index contributed by atoms with van der Waals surface area (Å²) in [5, 5.41) is 6.39. The highest BCUT2D eigenvalue weighted by molar-refractivity contribution is 6.39. The van der Waals surface area contributed by atoms with Gasteiger partial charge in [-0.05, 0) is 47.9 Å². The molecule has 0 unspecified atom stereocenters. The highest BCUT2D eigenvalue weighted by atomic mass is 16.5. The van der Waals surface area contributed by atoms with Crippen LogP contribution in [0.3, 0.4) is 0 Å². The van der Waals surface area contributed by atoms with Gasteiger partial charge in [0.2, 0.25) is 0 Å². The molecular formula is C24H23N3O4. The van der Waals surface area contributed by atoms with Crippen molar-refractivity contribution >= 4 is 23.7 Å². The fourth-order valence-corrected chi connectivity index (χ4v) is 2.73. The number of aryl methyl sites for hydroxylation is 1. The molecule has 3 aromatic carbocycles. The molecule has 0 aromatic heterocycles. The van der Waals surface area contributed by atoms with Crippen molar-refractivity contribution in [3.63, 3.8) is 0 Å². The molecule has 7 heteroatoms. The Morgan fingerprint density at radius 3 is 2.42 bits per heavy atom. The summed E-state index contributed by atoms with van der Waals surface area (Å²) in [6.07, 6.45) is 1.42. The van der Waals surface area contributed by atoms with Crippen molar-refractivity contribution in [1.82, 2.24) is 5.43 Å². The second-order valence-electron chi connectivity index (χ2n) is 6.65. The minimum atomic E-state index is -0.866. The summed E-state index contributed by atoms with van der Waals surface area (Å²) in [7, 11) is 1.54. The molecular weight excluding hydrogens is 394 g/mol. The molecule has 2 amide bonds. The maximum Gasteiger partial charge on any atom is 0.329 e. The SMILES string of the molecule is COc1cc(/C=N/NC(=O)C(=O)Nc2ccccc2C)ccc1OCc1ccccc1. The molecule has 0 aliphatic heterocycles. The molecule has 0 spiro atoms. The third kappa shape index (κ3) is 6.17. The van der Waals surface area contributed by atoms with E-state index < -0.39 is 11.8 Å². The fraction of sp³-hybridized carbons (Fsp3) is 0.125. The van der Waals surface area contributed by atoms with Crippen molar-refractivity contribution in [3.05, 3.63) is 89.5 Å². The van der Waals surface area contributed by atoms with Gasteiger partial charge in [-0.3, -0.25) is 9.59 Å². The van der Waals surface area contributed by atoms with E-state index in [1.165, 1.54) is 6.21 Å². The monoisotopic (exact) mass is 417 g/mol. The number of ether oxygens (including phenoxy) is 2. The summed E-state index contributed by atoms with van der Waals surface area (Å²) in [5.41, 5.74) is 5.36. The van der Waals surface area contributed by atoms with Crippen LogP contribution in [-0.4, -0.2) is 25.1 Å². The summed E-state index contributed by atoms with van der Waals surface area (Å²) >= 11 is 0. The van der Waals surface area contributed by atoms with E-state index in [0.29, 0.717) is 29.4 Å². The highest BCUT2D eigenvalue weighted by Crippen LogP contribution is 2.28. The number of hydrazone groups is 1. The average molecular weight is 417 g/mol. The zero-order valence-corrected chi connectivity index (χ0v) is 17.3. The van der Waals surface area contributed by atoms with E-state index >= 15 is 0 Å². The zero-order valence-electron chi connectivity index (χ0n) is 17.3. The minimum Gasteiger partial charge on any atom is -0.493 e. The van der Waals surface area contributed by atoms with Crippen LogP contribution in [0.5, 0.6) is 11.5 Å². The number of methoxy groups -OCH3 is 1. The van der Waals surface area contributed by atoms with Crippen molar-refractivity contribution in [2.24, 2.45) is 5.10 Å². The van der Waals surface area contributed by atoms with Crippen LogP contribution in [0.2, 0.25) is 0 Å². The Kier molecular flexibility index (Phi) is 7.37. The predicted octanol–water partition coefficient (Wildman–Crippen LogP) is 3.67. The van der Waals surface area contributed by atoms with E-state index in [1.54, 1.807) is 37.4 Å².